The summed E-state index contributed by atoms with van der Waals surface area (Å²) in [5, 5.41) is 0. The first-order chi connectivity index (χ1) is 10.2. The standard InChI is InChI=1S/C18H16O2S/c19-21(20,14-6-2-1-3-7-14)18-12-13-10-11-17(18)16-9-5-4-8-15(13)16/h1-9,12-13,17H,10-11H2. The van der Waals surface area contributed by atoms with Gasteiger partial charge < -0.3 is 0 Å². The smallest absolute Gasteiger partial charge is 0.203 e. The molecule has 106 valence electrons. The maximum absolute atomic E-state index is 12.9. The molecular formula is C18H16O2S. The van der Waals surface area contributed by atoms with E-state index in [9.17, 15) is 8.42 Å². The van der Waals surface area contributed by atoms with E-state index in [4.69, 9.17) is 0 Å². The molecule has 0 heterocycles. The van der Waals surface area contributed by atoms with Gasteiger partial charge in [-0.1, -0.05) is 48.5 Å². The summed E-state index contributed by atoms with van der Waals surface area (Å²) in [7, 11) is -3.37. The molecule has 2 nitrogen and oxygen atoms in total. The number of allylic oxidation sites excluding steroid dienone is 2. The second-order valence-corrected chi connectivity index (χ2v) is 7.70. The van der Waals surface area contributed by atoms with Gasteiger partial charge in [-0.2, -0.15) is 0 Å². The van der Waals surface area contributed by atoms with Crippen molar-refractivity contribution in [2.75, 3.05) is 0 Å². The molecule has 0 N–H and O–H groups in total. The molecule has 0 spiro atoms. The van der Waals surface area contributed by atoms with E-state index >= 15 is 0 Å². The van der Waals surface area contributed by atoms with Crippen LogP contribution in [0.2, 0.25) is 0 Å². The van der Waals surface area contributed by atoms with Crippen LogP contribution in [-0.4, -0.2) is 8.42 Å². The first kappa shape index (κ1) is 12.8. The highest BCUT2D eigenvalue weighted by molar-refractivity contribution is 7.95. The lowest BCUT2D eigenvalue weighted by Crippen LogP contribution is -2.25. The van der Waals surface area contributed by atoms with Crippen molar-refractivity contribution < 1.29 is 8.42 Å². The molecule has 0 saturated heterocycles. The average molecular weight is 296 g/mol. The van der Waals surface area contributed by atoms with Gasteiger partial charge in [-0.25, -0.2) is 8.42 Å². The second kappa shape index (κ2) is 4.57. The molecule has 2 aromatic carbocycles. The number of benzene rings is 2. The predicted octanol–water partition coefficient (Wildman–Crippen LogP) is 4.02. The van der Waals surface area contributed by atoms with Crippen LogP contribution in [0, 0.1) is 0 Å². The summed E-state index contributed by atoms with van der Waals surface area (Å²) in [6.45, 7) is 0. The molecule has 21 heavy (non-hydrogen) atoms. The Morgan fingerprint density at radius 3 is 2.24 bits per heavy atom. The van der Waals surface area contributed by atoms with E-state index in [0.29, 0.717) is 9.80 Å². The Morgan fingerprint density at radius 2 is 1.48 bits per heavy atom. The van der Waals surface area contributed by atoms with Crippen LogP contribution in [0.15, 0.2) is 70.5 Å². The highest BCUT2D eigenvalue weighted by Gasteiger charge is 2.39. The van der Waals surface area contributed by atoms with E-state index in [1.807, 2.05) is 24.3 Å². The Bertz CT molecular complexity index is 819. The van der Waals surface area contributed by atoms with Crippen molar-refractivity contribution >= 4 is 9.84 Å². The monoisotopic (exact) mass is 296 g/mol. The molecule has 3 heteroatoms. The van der Waals surface area contributed by atoms with E-state index in [1.165, 1.54) is 11.1 Å². The van der Waals surface area contributed by atoms with Crippen LogP contribution in [0.3, 0.4) is 0 Å². The normalized spacial score (nSPS) is 23.5. The van der Waals surface area contributed by atoms with Crippen LogP contribution >= 0.6 is 0 Å². The minimum atomic E-state index is -3.37. The fourth-order valence-electron chi connectivity index (χ4n) is 3.62. The van der Waals surface area contributed by atoms with Crippen LogP contribution in [0.4, 0.5) is 0 Å². The summed E-state index contributed by atoms with van der Waals surface area (Å²) < 4.78 is 25.8. The molecule has 0 saturated carbocycles. The zero-order chi connectivity index (χ0) is 14.4. The molecule has 5 rings (SSSR count). The molecule has 3 aliphatic rings. The Hall–Kier alpha value is -1.87. The third-order valence-electron chi connectivity index (χ3n) is 4.61. The van der Waals surface area contributed by atoms with Gasteiger partial charge in [0.25, 0.3) is 0 Å². The van der Waals surface area contributed by atoms with Gasteiger partial charge in [-0.3, -0.25) is 0 Å². The zero-order valence-electron chi connectivity index (χ0n) is 11.6. The third-order valence-corrected chi connectivity index (χ3v) is 6.54. The zero-order valence-corrected chi connectivity index (χ0v) is 12.4. The number of hydrogen-bond donors (Lipinski definition) is 0. The molecule has 2 atom stereocenters. The largest absolute Gasteiger partial charge is 0.219 e. The highest BCUT2D eigenvalue weighted by atomic mass is 32.2. The van der Waals surface area contributed by atoms with Gasteiger partial charge in [0.05, 0.1) is 9.80 Å². The van der Waals surface area contributed by atoms with Gasteiger partial charge in [0, 0.05) is 11.8 Å². The molecule has 0 radical (unpaired) electrons. The lowest BCUT2D eigenvalue weighted by molar-refractivity contribution is 0.532. The average Bonchev–Trinajstić information content (AvgIpc) is 2.56. The van der Waals surface area contributed by atoms with Crippen LogP contribution in [0.5, 0.6) is 0 Å². The second-order valence-electron chi connectivity index (χ2n) is 5.75. The maximum atomic E-state index is 12.9. The van der Waals surface area contributed by atoms with E-state index in [-0.39, 0.29) is 11.8 Å². The van der Waals surface area contributed by atoms with Crippen molar-refractivity contribution in [3.05, 3.63) is 76.7 Å². The van der Waals surface area contributed by atoms with Crippen molar-refractivity contribution in [1.82, 2.24) is 0 Å². The first-order valence-electron chi connectivity index (χ1n) is 7.28. The Kier molecular flexibility index (Phi) is 2.79. The first-order valence-corrected chi connectivity index (χ1v) is 8.77. The van der Waals surface area contributed by atoms with Crippen LogP contribution < -0.4 is 0 Å². The molecule has 0 fully saturated rings. The quantitative estimate of drug-likeness (QED) is 0.839. The maximum Gasteiger partial charge on any atom is 0.203 e. The Balaban J connectivity index is 1.86. The van der Waals surface area contributed by atoms with E-state index in [2.05, 4.69) is 12.1 Å². The van der Waals surface area contributed by atoms with Gasteiger partial charge in [-0.15, -0.1) is 0 Å². The summed E-state index contributed by atoms with van der Waals surface area (Å²) in [4.78, 5) is 1.00. The van der Waals surface area contributed by atoms with Gasteiger partial charge in [0.15, 0.2) is 0 Å². The van der Waals surface area contributed by atoms with E-state index in [1.54, 1.807) is 24.3 Å². The topological polar surface area (TPSA) is 34.1 Å². The van der Waals surface area contributed by atoms with Gasteiger partial charge in [0.2, 0.25) is 9.84 Å². The molecule has 2 bridgehead atoms. The van der Waals surface area contributed by atoms with Gasteiger partial charge >= 0.3 is 0 Å². The molecule has 2 aromatic rings. The number of fused-ring (bicyclic) bond motifs is 1. The highest BCUT2D eigenvalue weighted by Crippen LogP contribution is 2.51. The SMILES string of the molecule is O=S(=O)(C1=CC2CCC1c1ccccc12)c1ccccc1. The van der Waals surface area contributed by atoms with Gasteiger partial charge in [-0.05, 0) is 36.1 Å². The van der Waals surface area contributed by atoms with Crippen molar-refractivity contribution in [1.29, 1.82) is 0 Å². The Labute approximate surface area is 125 Å². The van der Waals surface area contributed by atoms with E-state index < -0.39 is 9.84 Å². The fourth-order valence-corrected chi connectivity index (χ4v) is 5.37. The molecule has 0 amide bonds. The third kappa shape index (κ3) is 1.88. The Morgan fingerprint density at radius 1 is 0.810 bits per heavy atom. The minimum Gasteiger partial charge on any atom is -0.219 e. The minimum absolute atomic E-state index is 0.0245. The molecule has 0 aromatic heterocycles. The molecular weight excluding hydrogens is 280 g/mol. The summed E-state index contributed by atoms with van der Waals surface area (Å²) in [5.74, 6) is 0.274. The van der Waals surface area contributed by atoms with Crippen molar-refractivity contribution in [3.8, 4) is 0 Å². The fraction of sp³-hybridized carbons (Fsp3) is 0.222. The summed E-state index contributed by atoms with van der Waals surface area (Å²) in [6.07, 6.45) is 3.97. The lowest BCUT2D eigenvalue weighted by atomic mass is 9.71. The summed E-state index contributed by atoms with van der Waals surface area (Å²) in [6, 6.07) is 17.0. The van der Waals surface area contributed by atoms with Crippen LogP contribution in [-0.2, 0) is 9.84 Å². The lowest BCUT2D eigenvalue weighted by Gasteiger charge is -2.37. The number of hydrogen-bond acceptors (Lipinski definition) is 2. The van der Waals surface area contributed by atoms with Crippen LogP contribution in [0.1, 0.15) is 35.8 Å². The summed E-state index contributed by atoms with van der Waals surface area (Å²) >= 11 is 0. The van der Waals surface area contributed by atoms with Gasteiger partial charge in [0.1, 0.15) is 0 Å². The number of sulfone groups is 1. The van der Waals surface area contributed by atoms with E-state index in [0.717, 1.165) is 12.8 Å². The molecule has 0 aliphatic heterocycles. The van der Waals surface area contributed by atoms with Crippen LogP contribution in [0.25, 0.3) is 0 Å². The van der Waals surface area contributed by atoms with Crippen molar-refractivity contribution in [2.45, 2.75) is 29.6 Å². The predicted molar refractivity (Wildman–Crippen MR) is 82.9 cm³/mol. The van der Waals surface area contributed by atoms with Crippen molar-refractivity contribution in [3.63, 3.8) is 0 Å². The molecule has 3 aliphatic carbocycles. The summed E-state index contributed by atoms with van der Waals surface area (Å²) in [5.41, 5.74) is 2.51. The number of rotatable bonds is 2. The molecule has 2 unspecified atom stereocenters. The van der Waals surface area contributed by atoms with Crippen molar-refractivity contribution in [2.24, 2.45) is 0 Å².